The number of hydrogen-bond donors (Lipinski definition) is 1. The van der Waals surface area contributed by atoms with Crippen LogP contribution < -0.4 is 5.69 Å². The van der Waals surface area contributed by atoms with E-state index in [0.29, 0.717) is 12.5 Å². The van der Waals surface area contributed by atoms with Crippen molar-refractivity contribution in [3.63, 3.8) is 0 Å². The monoisotopic (exact) mass is 238 g/mol. The molecule has 1 heterocycles. The molecule has 1 N–H and O–H groups in total. The van der Waals surface area contributed by atoms with Gasteiger partial charge in [0, 0.05) is 6.54 Å². The molecule has 0 unspecified atom stereocenters. The Morgan fingerprint density at radius 2 is 2.06 bits per heavy atom. The summed E-state index contributed by atoms with van der Waals surface area (Å²) in [7, 11) is 3.98. The van der Waals surface area contributed by atoms with Crippen molar-refractivity contribution in [3.8, 4) is 0 Å². The smallest absolute Gasteiger partial charge is 0.302 e. The summed E-state index contributed by atoms with van der Waals surface area (Å²) in [4.78, 5) is 13.8. The Hall–Kier alpha value is -1.10. The molecule has 1 aromatic heterocycles. The molecular formula is C12H22N4O. The predicted octanol–water partition coefficient (Wildman–Crippen LogP) is 1.21. The first-order valence-corrected chi connectivity index (χ1v) is 6.45. The highest BCUT2D eigenvalue weighted by molar-refractivity contribution is 4.87. The van der Waals surface area contributed by atoms with Gasteiger partial charge in [0.15, 0.2) is 0 Å². The molecule has 1 aliphatic rings. The molecule has 1 aromatic rings. The second kappa shape index (κ2) is 5.49. The second-order valence-electron chi connectivity index (χ2n) is 5.30. The summed E-state index contributed by atoms with van der Waals surface area (Å²) in [5.74, 6) is 1.51. The van der Waals surface area contributed by atoms with Crippen molar-refractivity contribution in [2.24, 2.45) is 5.92 Å². The quantitative estimate of drug-likeness (QED) is 0.858. The summed E-state index contributed by atoms with van der Waals surface area (Å²) in [6.45, 7) is 1.55. The maximum atomic E-state index is 11.7. The molecule has 0 atom stereocenters. The van der Waals surface area contributed by atoms with E-state index in [1.165, 1.54) is 32.1 Å². The Morgan fingerprint density at radius 3 is 2.71 bits per heavy atom. The minimum absolute atomic E-state index is 0.0626. The topological polar surface area (TPSA) is 53.9 Å². The Kier molecular flexibility index (Phi) is 3.99. The van der Waals surface area contributed by atoms with Crippen molar-refractivity contribution in [1.29, 1.82) is 0 Å². The van der Waals surface area contributed by atoms with Crippen molar-refractivity contribution >= 4 is 0 Å². The molecule has 0 saturated heterocycles. The summed E-state index contributed by atoms with van der Waals surface area (Å²) in [5, 5.41) is 6.67. The molecule has 2 rings (SSSR count). The number of rotatable bonds is 4. The average Bonchev–Trinajstić information content (AvgIpc) is 2.62. The molecule has 0 aliphatic heterocycles. The van der Waals surface area contributed by atoms with Crippen molar-refractivity contribution in [2.45, 2.75) is 45.2 Å². The summed E-state index contributed by atoms with van der Waals surface area (Å²) >= 11 is 0. The molecule has 1 aliphatic carbocycles. The maximum Gasteiger partial charge on any atom is 0.343 e. The Balaban J connectivity index is 2.07. The molecule has 0 aromatic carbocycles. The minimum atomic E-state index is -0.0626. The van der Waals surface area contributed by atoms with E-state index in [4.69, 9.17) is 0 Å². The highest BCUT2D eigenvalue weighted by Crippen LogP contribution is 2.24. The van der Waals surface area contributed by atoms with Crippen LogP contribution in [0.15, 0.2) is 4.79 Å². The second-order valence-corrected chi connectivity index (χ2v) is 5.30. The Bertz CT molecular complexity index is 401. The fourth-order valence-electron chi connectivity index (χ4n) is 2.57. The summed E-state index contributed by atoms with van der Waals surface area (Å²) in [5.41, 5.74) is -0.0626. The van der Waals surface area contributed by atoms with Gasteiger partial charge in [0.25, 0.3) is 0 Å². The van der Waals surface area contributed by atoms with Gasteiger partial charge in [-0.05, 0) is 32.9 Å². The number of aromatic amines is 1. The first-order valence-electron chi connectivity index (χ1n) is 6.45. The molecule has 0 spiro atoms. The lowest BCUT2D eigenvalue weighted by Crippen LogP contribution is -2.26. The number of aromatic nitrogens is 3. The van der Waals surface area contributed by atoms with Crippen molar-refractivity contribution < 1.29 is 0 Å². The van der Waals surface area contributed by atoms with Gasteiger partial charge in [0.05, 0.1) is 6.54 Å². The number of hydrogen-bond acceptors (Lipinski definition) is 3. The standard InChI is InChI=1S/C12H22N4O/c1-15(2)9-11-13-14-12(17)16(11)8-10-6-4-3-5-7-10/h10H,3-9H2,1-2H3,(H,14,17). The number of nitrogens with one attached hydrogen (secondary N) is 1. The van der Waals surface area contributed by atoms with Crippen molar-refractivity contribution in [2.75, 3.05) is 14.1 Å². The van der Waals surface area contributed by atoms with Gasteiger partial charge in [-0.1, -0.05) is 19.3 Å². The highest BCUT2D eigenvalue weighted by Gasteiger charge is 2.17. The number of H-pyrrole nitrogens is 1. The van der Waals surface area contributed by atoms with E-state index in [1.807, 2.05) is 23.6 Å². The average molecular weight is 238 g/mol. The third kappa shape index (κ3) is 3.19. The van der Waals surface area contributed by atoms with Gasteiger partial charge < -0.3 is 4.90 Å². The molecule has 5 nitrogen and oxygen atoms in total. The highest BCUT2D eigenvalue weighted by atomic mass is 16.1. The van der Waals surface area contributed by atoms with Crippen LogP contribution >= 0.6 is 0 Å². The van der Waals surface area contributed by atoms with E-state index in [2.05, 4.69) is 10.2 Å². The zero-order valence-corrected chi connectivity index (χ0v) is 10.8. The Labute approximate surface area is 102 Å². The van der Waals surface area contributed by atoms with Crippen LogP contribution in [0.25, 0.3) is 0 Å². The van der Waals surface area contributed by atoms with Gasteiger partial charge in [0.1, 0.15) is 5.82 Å². The molecule has 0 bridgehead atoms. The summed E-state index contributed by atoms with van der Waals surface area (Å²) < 4.78 is 1.82. The van der Waals surface area contributed by atoms with Crippen LogP contribution in [0.4, 0.5) is 0 Å². The van der Waals surface area contributed by atoms with Crippen LogP contribution in [0, 0.1) is 5.92 Å². The van der Waals surface area contributed by atoms with Crippen LogP contribution in [-0.4, -0.2) is 33.8 Å². The first-order chi connectivity index (χ1) is 8.16. The molecule has 1 fully saturated rings. The number of nitrogens with zero attached hydrogens (tertiary/aromatic N) is 3. The Morgan fingerprint density at radius 1 is 1.35 bits per heavy atom. The van der Waals surface area contributed by atoms with E-state index in [1.54, 1.807) is 0 Å². The first kappa shape index (κ1) is 12.4. The van der Waals surface area contributed by atoms with E-state index in [9.17, 15) is 4.79 Å². The molecule has 5 heteroatoms. The molecule has 0 radical (unpaired) electrons. The molecular weight excluding hydrogens is 216 g/mol. The molecule has 0 amide bonds. The fourth-order valence-corrected chi connectivity index (χ4v) is 2.57. The van der Waals surface area contributed by atoms with E-state index in [0.717, 1.165) is 12.4 Å². The zero-order chi connectivity index (χ0) is 12.3. The largest absolute Gasteiger partial charge is 0.343 e. The van der Waals surface area contributed by atoms with Crippen LogP contribution in [0.1, 0.15) is 37.9 Å². The molecule has 96 valence electrons. The van der Waals surface area contributed by atoms with Gasteiger partial charge >= 0.3 is 5.69 Å². The van der Waals surface area contributed by atoms with E-state index >= 15 is 0 Å². The zero-order valence-electron chi connectivity index (χ0n) is 10.8. The normalized spacial score (nSPS) is 17.8. The van der Waals surface area contributed by atoms with Gasteiger partial charge in [-0.2, -0.15) is 5.10 Å². The van der Waals surface area contributed by atoms with Gasteiger partial charge in [-0.25, -0.2) is 9.89 Å². The van der Waals surface area contributed by atoms with Crippen LogP contribution in [0.2, 0.25) is 0 Å². The minimum Gasteiger partial charge on any atom is -0.302 e. The molecule has 1 saturated carbocycles. The summed E-state index contributed by atoms with van der Waals surface area (Å²) in [6.07, 6.45) is 6.46. The van der Waals surface area contributed by atoms with Gasteiger partial charge in [0.2, 0.25) is 0 Å². The third-order valence-corrected chi connectivity index (χ3v) is 3.46. The van der Waals surface area contributed by atoms with E-state index < -0.39 is 0 Å². The third-order valence-electron chi connectivity index (χ3n) is 3.46. The maximum absolute atomic E-state index is 11.7. The fraction of sp³-hybridized carbons (Fsp3) is 0.833. The van der Waals surface area contributed by atoms with Gasteiger partial charge in [-0.15, -0.1) is 0 Å². The lowest BCUT2D eigenvalue weighted by Gasteiger charge is -2.22. The lowest BCUT2D eigenvalue weighted by atomic mass is 9.89. The summed E-state index contributed by atoms with van der Waals surface area (Å²) in [6, 6.07) is 0. The lowest BCUT2D eigenvalue weighted by molar-refractivity contribution is 0.303. The van der Waals surface area contributed by atoms with Crippen LogP contribution in [0.3, 0.4) is 0 Å². The van der Waals surface area contributed by atoms with E-state index in [-0.39, 0.29) is 5.69 Å². The van der Waals surface area contributed by atoms with Gasteiger partial charge in [-0.3, -0.25) is 4.57 Å². The SMILES string of the molecule is CN(C)Cc1n[nH]c(=O)n1CC1CCCCC1. The molecule has 17 heavy (non-hydrogen) atoms. The van der Waals surface area contributed by atoms with Crippen LogP contribution in [-0.2, 0) is 13.1 Å². The van der Waals surface area contributed by atoms with Crippen molar-refractivity contribution in [3.05, 3.63) is 16.3 Å². The van der Waals surface area contributed by atoms with Crippen LogP contribution in [0.5, 0.6) is 0 Å². The predicted molar refractivity (Wildman–Crippen MR) is 66.8 cm³/mol. The van der Waals surface area contributed by atoms with Crippen molar-refractivity contribution in [1.82, 2.24) is 19.7 Å².